The average molecular weight is 407 g/mol. The van der Waals surface area contributed by atoms with Crippen molar-refractivity contribution in [3.8, 4) is 0 Å². The van der Waals surface area contributed by atoms with Crippen LogP contribution in [-0.2, 0) is 6.54 Å². The normalized spacial score (nSPS) is 10.1. The van der Waals surface area contributed by atoms with Crippen LogP contribution in [0, 0.1) is 5.82 Å². The lowest BCUT2D eigenvalue weighted by atomic mass is 10.1. The van der Waals surface area contributed by atoms with Crippen molar-refractivity contribution >= 4 is 34.8 Å². The largest absolute Gasteiger partial charge is 0.348 e. The van der Waals surface area contributed by atoms with Crippen LogP contribution in [0.2, 0.25) is 0 Å². The third kappa shape index (κ3) is 5.70. The van der Waals surface area contributed by atoms with E-state index in [4.69, 9.17) is 12.2 Å². The number of nitrogens with one attached hydrogen (secondary N) is 3. The van der Waals surface area contributed by atoms with E-state index in [0.717, 1.165) is 5.56 Å². The highest BCUT2D eigenvalue weighted by atomic mass is 32.1. The molecule has 0 radical (unpaired) electrons. The molecule has 3 N–H and O–H groups in total. The Bertz CT molecular complexity index is 1020. The summed E-state index contributed by atoms with van der Waals surface area (Å²) in [6.07, 6.45) is 0. The minimum Gasteiger partial charge on any atom is -0.348 e. The van der Waals surface area contributed by atoms with E-state index in [9.17, 15) is 14.0 Å². The molecule has 0 heterocycles. The van der Waals surface area contributed by atoms with Crippen LogP contribution >= 0.6 is 12.2 Å². The Morgan fingerprint density at radius 3 is 2.17 bits per heavy atom. The molecule has 3 aromatic carbocycles. The zero-order valence-electron chi connectivity index (χ0n) is 15.3. The molecule has 146 valence electrons. The molecule has 5 nitrogen and oxygen atoms in total. The highest BCUT2D eigenvalue weighted by molar-refractivity contribution is 7.80. The van der Waals surface area contributed by atoms with E-state index in [2.05, 4.69) is 16.0 Å². The third-order valence-electron chi connectivity index (χ3n) is 4.05. The van der Waals surface area contributed by atoms with Gasteiger partial charge in [0.15, 0.2) is 5.11 Å². The van der Waals surface area contributed by atoms with E-state index < -0.39 is 11.7 Å². The summed E-state index contributed by atoms with van der Waals surface area (Å²) in [5.41, 5.74) is 1.99. The van der Waals surface area contributed by atoms with Crippen molar-refractivity contribution in [2.45, 2.75) is 6.54 Å². The number of carbonyl (C=O) groups is 2. The molecule has 0 bridgehead atoms. The number of hydrogen-bond acceptors (Lipinski definition) is 3. The standard InChI is InChI=1S/C22H18FN3O2S/c23-19-9-5-4-8-18(19)21(28)26-22(29)25-17-12-10-16(11-13-17)20(27)24-14-15-6-2-1-3-7-15/h1-13H,14H2,(H,24,27)(H2,25,26,28,29). The molecular formula is C22H18FN3O2S. The van der Waals surface area contributed by atoms with Gasteiger partial charge in [-0.15, -0.1) is 0 Å². The van der Waals surface area contributed by atoms with Gasteiger partial charge in [0.1, 0.15) is 5.82 Å². The van der Waals surface area contributed by atoms with Crippen LogP contribution in [0.3, 0.4) is 0 Å². The van der Waals surface area contributed by atoms with E-state index in [1.807, 2.05) is 30.3 Å². The highest BCUT2D eigenvalue weighted by Crippen LogP contribution is 2.11. The summed E-state index contributed by atoms with van der Waals surface area (Å²) < 4.78 is 13.6. The molecule has 0 saturated carbocycles. The van der Waals surface area contributed by atoms with Gasteiger partial charge in [-0.1, -0.05) is 42.5 Å². The molecule has 0 aliphatic heterocycles. The van der Waals surface area contributed by atoms with Crippen molar-refractivity contribution in [1.82, 2.24) is 10.6 Å². The molecule has 0 saturated heterocycles. The second kappa shape index (κ2) is 9.57. The number of anilines is 1. The summed E-state index contributed by atoms with van der Waals surface area (Å²) >= 11 is 5.09. The van der Waals surface area contributed by atoms with Gasteiger partial charge in [0.05, 0.1) is 5.56 Å². The van der Waals surface area contributed by atoms with Gasteiger partial charge in [-0.2, -0.15) is 0 Å². The predicted octanol–water partition coefficient (Wildman–Crippen LogP) is 3.88. The van der Waals surface area contributed by atoms with E-state index in [-0.39, 0.29) is 16.6 Å². The average Bonchev–Trinajstić information content (AvgIpc) is 2.73. The first-order valence-corrected chi connectivity index (χ1v) is 9.23. The van der Waals surface area contributed by atoms with Gasteiger partial charge in [0.2, 0.25) is 0 Å². The lowest BCUT2D eigenvalue weighted by Crippen LogP contribution is -2.34. The fourth-order valence-corrected chi connectivity index (χ4v) is 2.77. The maximum absolute atomic E-state index is 13.6. The number of rotatable bonds is 5. The van der Waals surface area contributed by atoms with Crippen LogP contribution in [0.1, 0.15) is 26.3 Å². The molecule has 0 aliphatic rings. The number of hydrogen-bond donors (Lipinski definition) is 3. The minimum atomic E-state index is -0.641. The zero-order valence-corrected chi connectivity index (χ0v) is 16.1. The van der Waals surface area contributed by atoms with Crippen LogP contribution in [0.25, 0.3) is 0 Å². The van der Waals surface area contributed by atoms with E-state index in [1.165, 1.54) is 18.2 Å². The summed E-state index contributed by atoms with van der Waals surface area (Å²) in [5, 5.41) is 8.13. The Balaban J connectivity index is 1.53. The van der Waals surface area contributed by atoms with Crippen molar-refractivity contribution in [2.24, 2.45) is 0 Å². The van der Waals surface area contributed by atoms with Crippen molar-refractivity contribution in [3.05, 3.63) is 101 Å². The number of carbonyl (C=O) groups excluding carboxylic acids is 2. The molecule has 29 heavy (non-hydrogen) atoms. The van der Waals surface area contributed by atoms with Crippen LogP contribution in [0.5, 0.6) is 0 Å². The molecule has 0 aliphatic carbocycles. The van der Waals surface area contributed by atoms with Gasteiger partial charge in [0.25, 0.3) is 11.8 Å². The number of amides is 2. The summed E-state index contributed by atoms with van der Waals surface area (Å²) in [6.45, 7) is 0.436. The number of benzene rings is 3. The monoisotopic (exact) mass is 407 g/mol. The maximum atomic E-state index is 13.6. The summed E-state index contributed by atoms with van der Waals surface area (Å²) in [5.74, 6) is -1.47. The Hall–Kier alpha value is -3.58. The number of thiocarbonyl (C=S) groups is 1. The van der Waals surface area contributed by atoms with Crippen molar-refractivity contribution < 1.29 is 14.0 Å². The van der Waals surface area contributed by atoms with Crippen LogP contribution < -0.4 is 16.0 Å². The molecule has 0 atom stereocenters. The molecule has 2 amide bonds. The fraction of sp³-hybridized carbons (Fsp3) is 0.0455. The summed E-state index contributed by atoms with van der Waals surface area (Å²) in [6, 6.07) is 21.9. The molecule has 7 heteroatoms. The number of halogens is 1. The summed E-state index contributed by atoms with van der Waals surface area (Å²) in [7, 11) is 0. The zero-order chi connectivity index (χ0) is 20.6. The Morgan fingerprint density at radius 2 is 1.48 bits per heavy atom. The lowest BCUT2D eigenvalue weighted by Gasteiger charge is -2.11. The molecule has 0 spiro atoms. The SMILES string of the molecule is O=C(NCc1ccccc1)c1ccc(NC(=S)NC(=O)c2ccccc2F)cc1. The van der Waals surface area contributed by atoms with Gasteiger partial charge >= 0.3 is 0 Å². The Kier molecular flexibility index (Phi) is 6.65. The second-order valence-electron chi connectivity index (χ2n) is 6.13. The molecule has 0 fully saturated rings. The van der Waals surface area contributed by atoms with Crippen LogP contribution in [0.15, 0.2) is 78.9 Å². The first-order chi connectivity index (χ1) is 14.0. The van der Waals surface area contributed by atoms with Crippen molar-refractivity contribution in [1.29, 1.82) is 0 Å². The predicted molar refractivity (Wildman–Crippen MR) is 114 cm³/mol. The summed E-state index contributed by atoms with van der Waals surface area (Å²) in [4.78, 5) is 24.3. The molecular weight excluding hydrogens is 389 g/mol. The Morgan fingerprint density at radius 1 is 0.828 bits per heavy atom. The van der Waals surface area contributed by atoms with Gasteiger partial charge in [-0.25, -0.2) is 4.39 Å². The maximum Gasteiger partial charge on any atom is 0.260 e. The van der Waals surface area contributed by atoms with Gasteiger partial charge in [0, 0.05) is 17.8 Å². The Labute approximate surface area is 173 Å². The van der Waals surface area contributed by atoms with E-state index >= 15 is 0 Å². The molecule has 3 aromatic rings. The third-order valence-corrected chi connectivity index (χ3v) is 4.25. The van der Waals surface area contributed by atoms with Crippen molar-refractivity contribution in [2.75, 3.05) is 5.32 Å². The first-order valence-electron chi connectivity index (χ1n) is 8.82. The van der Waals surface area contributed by atoms with Crippen LogP contribution in [-0.4, -0.2) is 16.9 Å². The molecule has 0 aromatic heterocycles. The minimum absolute atomic E-state index is 0.0273. The fourth-order valence-electron chi connectivity index (χ4n) is 2.56. The van der Waals surface area contributed by atoms with Gasteiger partial charge in [-0.3, -0.25) is 14.9 Å². The van der Waals surface area contributed by atoms with E-state index in [1.54, 1.807) is 30.3 Å². The van der Waals surface area contributed by atoms with Crippen LogP contribution in [0.4, 0.5) is 10.1 Å². The quantitative estimate of drug-likeness (QED) is 0.562. The van der Waals surface area contributed by atoms with E-state index in [0.29, 0.717) is 17.8 Å². The lowest BCUT2D eigenvalue weighted by molar-refractivity contribution is 0.0948. The van der Waals surface area contributed by atoms with Crippen molar-refractivity contribution in [3.63, 3.8) is 0 Å². The second-order valence-corrected chi connectivity index (χ2v) is 6.54. The van der Waals surface area contributed by atoms with Gasteiger partial charge < -0.3 is 10.6 Å². The topological polar surface area (TPSA) is 70.2 Å². The molecule has 0 unspecified atom stereocenters. The smallest absolute Gasteiger partial charge is 0.260 e. The first kappa shape index (κ1) is 20.2. The van der Waals surface area contributed by atoms with Gasteiger partial charge in [-0.05, 0) is 54.2 Å². The molecule has 3 rings (SSSR count). The highest BCUT2D eigenvalue weighted by Gasteiger charge is 2.12.